The lowest BCUT2D eigenvalue weighted by atomic mass is 10.0. The van der Waals surface area contributed by atoms with Crippen molar-refractivity contribution in [3.63, 3.8) is 0 Å². The zero-order valence-corrected chi connectivity index (χ0v) is 13.1. The van der Waals surface area contributed by atoms with Crippen LogP contribution in [0.5, 0.6) is 0 Å². The van der Waals surface area contributed by atoms with Crippen LogP contribution in [0.15, 0.2) is 21.4 Å². The van der Waals surface area contributed by atoms with E-state index < -0.39 is 33.3 Å². The monoisotopic (exact) mass is 347 g/mol. The maximum atomic E-state index is 13.0. The second kappa shape index (κ2) is 6.11. The van der Waals surface area contributed by atoms with Gasteiger partial charge in [0.05, 0.1) is 21.3 Å². The minimum atomic E-state index is -4.66. The summed E-state index contributed by atoms with van der Waals surface area (Å²) < 4.78 is 55.7. The molecule has 0 bridgehead atoms. The van der Waals surface area contributed by atoms with E-state index in [0.29, 0.717) is 0 Å². The molecule has 1 N–H and O–H groups in total. The molecule has 0 radical (unpaired) electrons. The molecule has 0 fully saturated rings. The molecule has 0 saturated heterocycles. The number of amides is 1. The van der Waals surface area contributed by atoms with Crippen LogP contribution in [-0.2, 0) is 17.0 Å². The summed E-state index contributed by atoms with van der Waals surface area (Å²) in [7, 11) is -1.92. The first-order valence-corrected chi connectivity index (χ1v) is 7.82. The fourth-order valence-corrected chi connectivity index (χ4v) is 3.08. The van der Waals surface area contributed by atoms with Crippen LogP contribution in [-0.4, -0.2) is 26.6 Å². The Morgan fingerprint density at radius 3 is 2.39 bits per heavy atom. The van der Waals surface area contributed by atoms with E-state index in [1.165, 1.54) is 13.8 Å². The van der Waals surface area contributed by atoms with E-state index in [-0.39, 0.29) is 23.0 Å². The molecule has 1 amide bonds. The van der Waals surface area contributed by atoms with Gasteiger partial charge in [0.1, 0.15) is 0 Å². The van der Waals surface area contributed by atoms with E-state index in [9.17, 15) is 22.2 Å². The summed E-state index contributed by atoms with van der Waals surface area (Å²) in [6, 6.07) is 1.58. The second-order valence-electron chi connectivity index (χ2n) is 4.65. The van der Waals surface area contributed by atoms with Crippen molar-refractivity contribution in [1.82, 2.24) is 10.2 Å². The highest BCUT2D eigenvalue weighted by Crippen LogP contribution is 2.36. The lowest BCUT2D eigenvalue weighted by Gasteiger charge is -2.16. The van der Waals surface area contributed by atoms with Gasteiger partial charge >= 0.3 is 12.2 Å². The smallest absolute Gasteiger partial charge is 0.408 e. The van der Waals surface area contributed by atoms with Crippen molar-refractivity contribution in [2.75, 3.05) is 11.6 Å². The molecule has 0 spiro atoms. The number of hydrogen-bond donors (Lipinski definition) is 1. The summed E-state index contributed by atoms with van der Waals surface area (Å²) in [5.41, 5.74) is -1.10. The molecular weight excluding hydrogens is 335 g/mol. The molecule has 1 heterocycles. The Morgan fingerprint density at radius 1 is 1.26 bits per heavy atom. The number of carbonyl (C=O) groups excluding carboxylic acids is 1. The molecule has 1 atom stereocenters. The zero-order chi connectivity index (χ0) is 17.4. The molecule has 0 aliphatic carbocycles. The number of carbonyl (C=O) groups is 1. The molecule has 1 aromatic heterocycles. The lowest BCUT2D eigenvalue weighted by Crippen LogP contribution is -2.18. The van der Waals surface area contributed by atoms with Crippen molar-refractivity contribution in [2.24, 2.45) is 0 Å². The third kappa shape index (κ3) is 3.58. The van der Waals surface area contributed by atoms with Crippen molar-refractivity contribution < 1.29 is 26.6 Å². The van der Waals surface area contributed by atoms with Crippen LogP contribution in [0.3, 0.4) is 0 Å². The molecule has 0 aliphatic rings. The van der Waals surface area contributed by atoms with Gasteiger partial charge in [0.25, 0.3) is 5.91 Å². The number of nitrogens with zero attached hydrogens (tertiary/aromatic N) is 2. The van der Waals surface area contributed by atoms with Crippen molar-refractivity contribution in [1.29, 1.82) is 0 Å². The normalized spacial score (nSPS) is 13.0. The fourth-order valence-electron chi connectivity index (χ4n) is 2.04. The molecule has 124 valence electrons. The maximum absolute atomic E-state index is 13.0. The number of rotatable bonds is 3. The van der Waals surface area contributed by atoms with Gasteiger partial charge in [-0.25, -0.2) is 0 Å². The Bertz CT molecular complexity index is 787. The first-order chi connectivity index (χ1) is 10.6. The average Bonchev–Trinajstić information content (AvgIpc) is 2.81. The molecule has 2 rings (SSSR count). The summed E-state index contributed by atoms with van der Waals surface area (Å²) >= 11 is 0. The second-order valence-corrected chi connectivity index (χ2v) is 5.96. The molecule has 10 heteroatoms. The number of anilines is 1. The Kier molecular flexibility index (Phi) is 4.55. The third-order valence-electron chi connectivity index (χ3n) is 2.99. The highest BCUT2D eigenvalue weighted by Gasteiger charge is 2.36. The Labute approximate surface area is 131 Å². The Hall–Kier alpha value is -2.23. The number of aromatic nitrogens is 2. The van der Waals surface area contributed by atoms with Crippen molar-refractivity contribution >= 4 is 22.7 Å². The largest absolute Gasteiger partial charge is 0.417 e. The van der Waals surface area contributed by atoms with Gasteiger partial charge < -0.3 is 4.42 Å². The summed E-state index contributed by atoms with van der Waals surface area (Å²) in [6.45, 7) is 2.82. The molecular formula is C13H12F3N3O3S. The van der Waals surface area contributed by atoms with Crippen LogP contribution in [0.1, 0.15) is 27.4 Å². The van der Waals surface area contributed by atoms with E-state index >= 15 is 0 Å². The standard InChI is InChI=1S/C13H12F3N3O3S/c1-6-8(11(20)17-12-19-18-7(2)22-12)4-5-9(13(14,15)16)10(6)23(3)21/h4-5H,1-3H3,(H,17,19,20). The van der Waals surface area contributed by atoms with E-state index in [4.69, 9.17) is 4.42 Å². The van der Waals surface area contributed by atoms with E-state index in [0.717, 1.165) is 18.4 Å². The first-order valence-electron chi connectivity index (χ1n) is 6.27. The minimum Gasteiger partial charge on any atom is -0.408 e. The molecule has 1 unspecified atom stereocenters. The summed E-state index contributed by atoms with van der Waals surface area (Å²) in [4.78, 5) is 11.7. The third-order valence-corrected chi connectivity index (χ3v) is 4.09. The van der Waals surface area contributed by atoms with Gasteiger partial charge in [0.2, 0.25) is 5.89 Å². The van der Waals surface area contributed by atoms with Crippen LogP contribution in [0.2, 0.25) is 0 Å². The molecule has 2 aromatic rings. The SMILES string of the molecule is Cc1nnc(NC(=O)c2ccc(C(F)(F)F)c(S(C)=O)c2C)o1. The zero-order valence-electron chi connectivity index (χ0n) is 12.3. The van der Waals surface area contributed by atoms with Crippen LogP contribution in [0.4, 0.5) is 19.2 Å². The lowest BCUT2D eigenvalue weighted by molar-refractivity contribution is -0.139. The van der Waals surface area contributed by atoms with Crippen LogP contribution >= 0.6 is 0 Å². The van der Waals surface area contributed by atoms with Gasteiger partial charge in [-0.05, 0) is 24.6 Å². The van der Waals surface area contributed by atoms with E-state index in [1.807, 2.05) is 0 Å². The van der Waals surface area contributed by atoms with Crippen molar-refractivity contribution in [2.45, 2.75) is 24.9 Å². The molecule has 23 heavy (non-hydrogen) atoms. The highest BCUT2D eigenvalue weighted by molar-refractivity contribution is 7.84. The van der Waals surface area contributed by atoms with Crippen LogP contribution in [0, 0.1) is 13.8 Å². The van der Waals surface area contributed by atoms with Crippen molar-refractivity contribution in [3.05, 3.63) is 34.7 Å². The molecule has 0 saturated carbocycles. The van der Waals surface area contributed by atoms with Gasteiger partial charge in [-0.2, -0.15) is 13.2 Å². The number of halogens is 3. The topological polar surface area (TPSA) is 85.1 Å². The molecule has 1 aromatic carbocycles. The highest BCUT2D eigenvalue weighted by atomic mass is 32.2. The van der Waals surface area contributed by atoms with Gasteiger partial charge in [-0.3, -0.25) is 14.3 Å². The fraction of sp³-hybridized carbons (Fsp3) is 0.308. The van der Waals surface area contributed by atoms with E-state index in [1.54, 1.807) is 0 Å². The minimum absolute atomic E-state index is 0.0191. The number of aryl methyl sites for hydroxylation is 1. The number of alkyl halides is 3. The summed E-state index contributed by atoms with van der Waals surface area (Å²) in [6.07, 6.45) is -3.54. The number of benzene rings is 1. The molecule has 6 nitrogen and oxygen atoms in total. The average molecular weight is 347 g/mol. The summed E-state index contributed by atoms with van der Waals surface area (Å²) in [5, 5.41) is 9.37. The predicted octanol–water partition coefficient (Wildman–Crippen LogP) is 2.69. The van der Waals surface area contributed by atoms with Gasteiger partial charge in [0.15, 0.2) is 0 Å². The van der Waals surface area contributed by atoms with Crippen LogP contribution < -0.4 is 5.32 Å². The quantitative estimate of drug-likeness (QED) is 0.923. The summed E-state index contributed by atoms with van der Waals surface area (Å²) in [5.74, 6) is -0.508. The van der Waals surface area contributed by atoms with Crippen LogP contribution in [0.25, 0.3) is 0 Å². The Morgan fingerprint density at radius 2 is 1.91 bits per heavy atom. The maximum Gasteiger partial charge on any atom is 0.417 e. The Balaban J connectivity index is 2.46. The predicted molar refractivity (Wildman–Crippen MR) is 75.5 cm³/mol. The molecule has 0 aliphatic heterocycles. The van der Waals surface area contributed by atoms with Gasteiger partial charge in [-0.15, -0.1) is 5.10 Å². The first kappa shape index (κ1) is 17.1. The van der Waals surface area contributed by atoms with Gasteiger partial charge in [-0.1, -0.05) is 5.10 Å². The van der Waals surface area contributed by atoms with Crippen molar-refractivity contribution in [3.8, 4) is 0 Å². The number of nitrogens with one attached hydrogen (secondary N) is 1. The van der Waals surface area contributed by atoms with E-state index in [2.05, 4.69) is 15.5 Å². The number of hydrogen-bond acceptors (Lipinski definition) is 5. The van der Waals surface area contributed by atoms with Gasteiger partial charge in [0, 0.05) is 18.7 Å².